The zero-order chi connectivity index (χ0) is 14.1. The quantitative estimate of drug-likeness (QED) is 0.805. The Hall–Kier alpha value is -1.72. The first-order chi connectivity index (χ1) is 9.65. The zero-order valence-corrected chi connectivity index (χ0v) is 12.1. The maximum atomic E-state index is 6.06. The van der Waals surface area contributed by atoms with Crippen LogP contribution in [-0.4, -0.2) is 19.3 Å². The van der Waals surface area contributed by atoms with E-state index in [0.29, 0.717) is 16.0 Å². The van der Waals surface area contributed by atoms with Crippen LogP contribution in [0.5, 0.6) is 0 Å². The molecule has 2 heterocycles. The van der Waals surface area contributed by atoms with E-state index in [-0.39, 0.29) is 0 Å². The number of fused-ring (bicyclic) bond motifs is 1. The van der Waals surface area contributed by atoms with Crippen molar-refractivity contribution in [3.05, 3.63) is 40.6 Å². The maximum Gasteiger partial charge on any atom is 0.201 e. The molecule has 2 aromatic heterocycles. The summed E-state index contributed by atoms with van der Waals surface area (Å²) < 4.78 is 3.83. The highest BCUT2D eigenvalue weighted by atomic mass is 35.5. The van der Waals surface area contributed by atoms with E-state index in [1.54, 1.807) is 18.3 Å². The van der Waals surface area contributed by atoms with Gasteiger partial charge in [0.1, 0.15) is 0 Å². The SMILES string of the molecule is Nc1nc2cc(Cl)c(Cl)cc2n1CCCn1cccn1. The minimum absolute atomic E-state index is 0.471. The number of nitrogen functional groups attached to an aromatic ring is 1. The lowest BCUT2D eigenvalue weighted by Gasteiger charge is -2.07. The third-order valence-corrected chi connectivity index (χ3v) is 3.87. The Morgan fingerprint density at radius 3 is 2.70 bits per heavy atom. The molecular formula is C13H13Cl2N5. The van der Waals surface area contributed by atoms with Crippen molar-refractivity contribution in [3.8, 4) is 0 Å². The second kappa shape index (κ2) is 5.34. The number of anilines is 1. The fourth-order valence-electron chi connectivity index (χ4n) is 2.20. The van der Waals surface area contributed by atoms with Crippen LogP contribution in [-0.2, 0) is 13.1 Å². The minimum Gasteiger partial charge on any atom is -0.369 e. The zero-order valence-electron chi connectivity index (χ0n) is 10.6. The monoisotopic (exact) mass is 309 g/mol. The number of hydrogen-bond acceptors (Lipinski definition) is 3. The summed E-state index contributed by atoms with van der Waals surface area (Å²) in [6, 6.07) is 5.44. The molecular weight excluding hydrogens is 297 g/mol. The van der Waals surface area contributed by atoms with Gasteiger partial charge in [-0.25, -0.2) is 4.98 Å². The fourth-order valence-corrected chi connectivity index (χ4v) is 2.51. The highest BCUT2D eigenvalue weighted by Crippen LogP contribution is 2.29. The minimum atomic E-state index is 0.471. The Kier molecular flexibility index (Phi) is 3.54. The second-order valence-corrected chi connectivity index (χ2v) is 5.31. The molecule has 0 amide bonds. The van der Waals surface area contributed by atoms with Gasteiger partial charge in [-0.3, -0.25) is 4.68 Å². The Morgan fingerprint density at radius 1 is 1.15 bits per heavy atom. The third kappa shape index (κ3) is 2.46. The van der Waals surface area contributed by atoms with Crippen molar-refractivity contribution in [1.29, 1.82) is 0 Å². The van der Waals surface area contributed by atoms with Gasteiger partial charge in [0.25, 0.3) is 0 Å². The Bertz CT molecular complexity index is 733. The molecule has 3 aromatic rings. The van der Waals surface area contributed by atoms with Crippen LogP contribution >= 0.6 is 23.2 Å². The van der Waals surface area contributed by atoms with Gasteiger partial charge in [0.05, 0.1) is 21.1 Å². The normalized spacial score (nSPS) is 11.3. The smallest absolute Gasteiger partial charge is 0.201 e. The molecule has 1 aromatic carbocycles. The number of benzene rings is 1. The predicted molar refractivity (Wildman–Crippen MR) is 81.0 cm³/mol. The number of halogens is 2. The van der Waals surface area contributed by atoms with E-state index in [1.807, 2.05) is 21.5 Å². The van der Waals surface area contributed by atoms with E-state index < -0.39 is 0 Å². The van der Waals surface area contributed by atoms with Crippen LogP contribution < -0.4 is 5.73 Å². The third-order valence-electron chi connectivity index (χ3n) is 3.15. The van der Waals surface area contributed by atoms with Crippen LogP contribution in [0.25, 0.3) is 11.0 Å². The predicted octanol–water partition coefficient (Wildman–Crippen LogP) is 3.21. The lowest BCUT2D eigenvalue weighted by molar-refractivity contribution is 0.535. The summed E-state index contributed by atoms with van der Waals surface area (Å²) in [6.07, 6.45) is 4.60. The topological polar surface area (TPSA) is 61.7 Å². The van der Waals surface area contributed by atoms with E-state index in [0.717, 1.165) is 30.5 Å². The van der Waals surface area contributed by atoms with E-state index in [1.165, 1.54) is 0 Å². The summed E-state index contributed by atoms with van der Waals surface area (Å²) in [6.45, 7) is 1.58. The Balaban J connectivity index is 1.83. The van der Waals surface area contributed by atoms with E-state index in [9.17, 15) is 0 Å². The van der Waals surface area contributed by atoms with Gasteiger partial charge in [0, 0.05) is 25.5 Å². The number of imidazole rings is 1. The van der Waals surface area contributed by atoms with Gasteiger partial charge in [-0.1, -0.05) is 23.2 Å². The molecule has 3 rings (SSSR count). The van der Waals surface area contributed by atoms with Gasteiger partial charge in [-0.2, -0.15) is 5.10 Å². The van der Waals surface area contributed by atoms with Gasteiger partial charge in [-0.05, 0) is 24.6 Å². The largest absolute Gasteiger partial charge is 0.369 e. The number of rotatable bonds is 4. The molecule has 2 N–H and O–H groups in total. The van der Waals surface area contributed by atoms with Gasteiger partial charge in [0.15, 0.2) is 0 Å². The number of nitrogens with two attached hydrogens (primary N) is 1. The molecule has 0 bridgehead atoms. The lowest BCUT2D eigenvalue weighted by Crippen LogP contribution is -2.07. The summed E-state index contributed by atoms with van der Waals surface area (Å²) in [5.41, 5.74) is 7.62. The molecule has 0 saturated heterocycles. The summed E-state index contributed by atoms with van der Waals surface area (Å²) in [5.74, 6) is 0.471. The molecule has 0 atom stereocenters. The van der Waals surface area contributed by atoms with Crippen molar-refractivity contribution in [2.75, 3.05) is 5.73 Å². The first kappa shape index (κ1) is 13.3. The van der Waals surface area contributed by atoms with E-state index in [4.69, 9.17) is 28.9 Å². The van der Waals surface area contributed by atoms with Crippen LogP contribution in [0.4, 0.5) is 5.95 Å². The summed E-state index contributed by atoms with van der Waals surface area (Å²) in [5, 5.41) is 5.16. The molecule has 104 valence electrons. The first-order valence-electron chi connectivity index (χ1n) is 6.23. The fraction of sp³-hybridized carbons (Fsp3) is 0.231. The van der Waals surface area contributed by atoms with E-state index >= 15 is 0 Å². The summed E-state index contributed by atoms with van der Waals surface area (Å²) in [4.78, 5) is 4.31. The molecule has 0 fully saturated rings. The van der Waals surface area contributed by atoms with Crippen LogP contribution in [0.3, 0.4) is 0 Å². The highest BCUT2D eigenvalue weighted by molar-refractivity contribution is 6.42. The van der Waals surface area contributed by atoms with E-state index in [2.05, 4.69) is 10.1 Å². The van der Waals surface area contributed by atoms with Crippen molar-refractivity contribution in [1.82, 2.24) is 19.3 Å². The van der Waals surface area contributed by atoms with Crippen LogP contribution in [0.15, 0.2) is 30.6 Å². The van der Waals surface area contributed by atoms with Crippen LogP contribution in [0.1, 0.15) is 6.42 Å². The summed E-state index contributed by atoms with van der Waals surface area (Å²) >= 11 is 12.0. The maximum absolute atomic E-state index is 6.06. The molecule has 5 nitrogen and oxygen atoms in total. The standard InChI is InChI=1S/C13H13Cl2N5/c14-9-7-11-12(8-10(9)15)20(13(16)18-11)6-2-5-19-4-1-3-17-19/h1,3-4,7-8H,2,5-6H2,(H2,16,18). The molecule has 0 saturated carbocycles. The van der Waals surface area contributed by atoms with Gasteiger partial charge < -0.3 is 10.3 Å². The molecule has 0 unspecified atom stereocenters. The molecule has 0 aliphatic rings. The first-order valence-corrected chi connectivity index (χ1v) is 6.99. The average Bonchev–Trinajstić information content (AvgIpc) is 3.01. The molecule has 0 spiro atoms. The molecule has 7 heteroatoms. The molecule has 20 heavy (non-hydrogen) atoms. The van der Waals surface area contributed by atoms with Gasteiger partial charge in [-0.15, -0.1) is 0 Å². The average molecular weight is 310 g/mol. The van der Waals surface area contributed by atoms with Gasteiger partial charge in [0.2, 0.25) is 5.95 Å². The Labute approximate surface area is 125 Å². The number of aromatic nitrogens is 4. The lowest BCUT2D eigenvalue weighted by atomic mass is 10.3. The van der Waals surface area contributed by atoms with Crippen LogP contribution in [0, 0.1) is 0 Å². The highest BCUT2D eigenvalue weighted by Gasteiger charge is 2.10. The van der Waals surface area contributed by atoms with Gasteiger partial charge >= 0.3 is 0 Å². The second-order valence-electron chi connectivity index (χ2n) is 4.50. The van der Waals surface area contributed by atoms with Crippen molar-refractivity contribution in [3.63, 3.8) is 0 Å². The van der Waals surface area contributed by atoms with Crippen molar-refractivity contribution < 1.29 is 0 Å². The number of nitrogens with zero attached hydrogens (tertiary/aromatic N) is 4. The molecule has 0 aliphatic heterocycles. The molecule has 0 radical (unpaired) electrons. The van der Waals surface area contributed by atoms with Crippen LogP contribution in [0.2, 0.25) is 10.0 Å². The van der Waals surface area contributed by atoms with Crippen molar-refractivity contribution in [2.45, 2.75) is 19.5 Å². The van der Waals surface area contributed by atoms with Crippen molar-refractivity contribution >= 4 is 40.2 Å². The molecule has 0 aliphatic carbocycles. The number of hydrogen-bond donors (Lipinski definition) is 1. The summed E-state index contributed by atoms with van der Waals surface area (Å²) in [7, 11) is 0. The Morgan fingerprint density at radius 2 is 1.95 bits per heavy atom. The van der Waals surface area contributed by atoms with Crippen molar-refractivity contribution in [2.24, 2.45) is 0 Å². The number of aryl methyl sites for hydroxylation is 2.